The molecule has 3 atom stereocenters. The third kappa shape index (κ3) is 37.3. The normalized spacial score (nSPS) is 14.3. The number of phosphoric acid groups is 1. The summed E-state index contributed by atoms with van der Waals surface area (Å²) in [6.07, 6.45) is 44.7. The lowest BCUT2D eigenvalue weighted by atomic mass is 10.0. The van der Waals surface area contributed by atoms with E-state index >= 15 is 0 Å². The van der Waals surface area contributed by atoms with Crippen molar-refractivity contribution in [2.24, 2.45) is 5.73 Å². The first kappa shape index (κ1) is 51.0. The van der Waals surface area contributed by atoms with Gasteiger partial charge in [-0.05, 0) is 38.5 Å². The van der Waals surface area contributed by atoms with Gasteiger partial charge in [0.05, 0.1) is 25.4 Å². The number of nitrogens with one attached hydrogen (secondary N) is 1. The molecular weight excluding hydrogens is 671 g/mol. The topological polar surface area (TPSA) is 131 Å². The van der Waals surface area contributed by atoms with Crippen LogP contribution in [-0.2, 0) is 18.4 Å². The van der Waals surface area contributed by atoms with E-state index in [0.717, 1.165) is 70.6 Å². The van der Waals surface area contributed by atoms with Gasteiger partial charge in [0.15, 0.2) is 0 Å². The van der Waals surface area contributed by atoms with E-state index in [1.54, 1.807) is 0 Å². The molecule has 308 valence electrons. The largest absolute Gasteiger partial charge is 0.472 e. The second-order valence-electron chi connectivity index (χ2n) is 14.9. The predicted molar refractivity (Wildman–Crippen MR) is 221 cm³/mol. The number of carbonyl (C=O) groups is 1. The average molecular weight is 757 g/mol. The summed E-state index contributed by atoms with van der Waals surface area (Å²) >= 11 is 0. The smallest absolute Gasteiger partial charge is 0.391 e. The maximum atomic E-state index is 12.7. The van der Waals surface area contributed by atoms with Crippen LogP contribution in [0.25, 0.3) is 0 Å². The van der Waals surface area contributed by atoms with Crippen molar-refractivity contribution in [3.8, 4) is 0 Å². The molecule has 0 saturated carbocycles. The van der Waals surface area contributed by atoms with E-state index in [1.807, 2.05) is 0 Å². The summed E-state index contributed by atoms with van der Waals surface area (Å²) in [6.45, 7) is 4.14. The van der Waals surface area contributed by atoms with Gasteiger partial charge in [-0.15, -0.1) is 0 Å². The lowest BCUT2D eigenvalue weighted by Gasteiger charge is -2.25. The molecule has 8 nitrogen and oxygen atoms in total. The molecule has 9 heteroatoms. The number of hydrogen-bond acceptors (Lipinski definition) is 6. The lowest BCUT2D eigenvalue weighted by Crippen LogP contribution is -2.46. The van der Waals surface area contributed by atoms with Gasteiger partial charge >= 0.3 is 7.82 Å². The highest BCUT2D eigenvalue weighted by atomic mass is 31.2. The van der Waals surface area contributed by atoms with Crippen molar-refractivity contribution in [3.05, 3.63) is 24.3 Å². The summed E-state index contributed by atoms with van der Waals surface area (Å²) in [5, 5.41) is 13.8. The van der Waals surface area contributed by atoms with E-state index in [1.165, 1.54) is 116 Å². The average Bonchev–Trinajstić information content (AvgIpc) is 3.13. The zero-order chi connectivity index (χ0) is 38.2. The molecule has 0 saturated heterocycles. The fourth-order valence-corrected chi connectivity index (χ4v) is 7.23. The number of carbonyl (C=O) groups excluding carboxylic acids is 1. The third-order valence-corrected chi connectivity index (χ3v) is 10.8. The Hall–Kier alpha value is -1.02. The van der Waals surface area contributed by atoms with Crippen LogP contribution in [0.2, 0.25) is 0 Å². The van der Waals surface area contributed by atoms with E-state index < -0.39 is 20.0 Å². The van der Waals surface area contributed by atoms with Gasteiger partial charge in [-0.25, -0.2) is 4.57 Å². The van der Waals surface area contributed by atoms with Gasteiger partial charge in [-0.1, -0.05) is 192 Å². The molecule has 5 N–H and O–H groups in total. The zero-order valence-corrected chi connectivity index (χ0v) is 35.0. The summed E-state index contributed by atoms with van der Waals surface area (Å²) in [6, 6.07) is -0.779. The van der Waals surface area contributed by atoms with Crippen molar-refractivity contribution in [1.82, 2.24) is 5.32 Å². The van der Waals surface area contributed by atoms with E-state index in [-0.39, 0.29) is 25.7 Å². The summed E-state index contributed by atoms with van der Waals surface area (Å²) in [7, 11) is -4.32. The highest BCUT2D eigenvalue weighted by molar-refractivity contribution is 7.47. The highest BCUT2D eigenvalue weighted by Crippen LogP contribution is 2.43. The molecule has 0 spiro atoms. The summed E-state index contributed by atoms with van der Waals surface area (Å²) < 4.78 is 22.2. The number of aliphatic hydroxyl groups is 1. The predicted octanol–water partition coefficient (Wildman–Crippen LogP) is 12.2. The quantitative estimate of drug-likeness (QED) is 0.0277. The van der Waals surface area contributed by atoms with Crippen LogP contribution >= 0.6 is 7.82 Å². The van der Waals surface area contributed by atoms with Gasteiger partial charge in [-0.3, -0.25) is 13.8 Å². The van der Waals surface area contributed by atoms with E-state index in [4.69, 9.17) is 14.8 Å². The van der Waals surface area contributed by atoms with Gasteiger partial charge in [0.25, 0.3) is 0 Å². The molecule has 0 rings (SSSR count). The second kappa shape index (κ2) is 39.7. The number of allylic oxidation sites excluding steroid dienone is 4. The molecule has 0 fully saturated rings. The van der Waals surface area contributed by atoms with Crippen molar-refractivity contribution >= 4 is 13.7 Å². The molecule has 0 aromatic heterocycles. The number of phosphoric ester groups is 1. The van der Waals surface area contributed by atoms with Crippen LogP contribution in [0.15, 0.2) is 24.3 Å². The molecule has 0 aliphatic heterocycles. The van der Waals surface area contributed by atoms with E-state index in [0.29, 0.717) is 12.8 Å². The Morgan fingerprint density at radius 2 is 1.10 bits per heavy atom. The van der Waals surface area contributed by atoms with Gasteiger partial charge < -0.3 is 21.1 Å². The zero-order valence-electron chi connectivity index (χ0n) is 34.1. The van der Waals surface area contributed by atoms with Crippen LogP contribution < -0.4 is 11.1 Å². The Morgan fingerprint density at radius 1 is 0.635 bits per heavy atom. The maximum Gasteiger partial charge on any atom is 0.472 e. The second-order valence-corrected chi connectivity index (χ2v) is 16.4. The standard InChI is InChI=1S/C43H85N2O6P/c1-3-5-7-9-11-13-15-17-18-19-20-21-22-23-25-26-28-30-32-34-36-42(46)41(40-51-52(48,49)50-39-38-44)45-43(47)37-35-33-31-29-27-24-16-14-12-10-8-6-4-2/h8,10,14,16,41-42,46H,3-7,9,11-13,15,17-40,44H2,1-2H3,(H,45,47)(H,48,49)/b10-8-,16-14-. The molecule has 0 aromatic carbocycles. The van der Waals surface area contributed by atoms with Crippen LogP contribution in [0.5, 0.6) is 0 Å². The van der Waals surface area contributed by atoms with E-state index in [9.17, 15) is 19.4 Å². The Kier molecular flexibility index (Phi) is 38.9. The molecule has 0 bridgehead atoms. The number of hydrogen-bond donors (Lipinski definition) is 4. The van der Waals surface area contributed by atoms with Gasteiger partial charge in [0.1, 0.15) is 0 Å². The number of rotatable bonds is 41. The van der Waals surface area contributed by atoms with Crippen LogP contribution in [0.1, 0.15) is 213 Å². The number of amides is 1. The molecule has 0 radical (unpaired) electrons. The van der Waals surface area contributed by atoms with Crippen LogP contribution in [-0.4, -0.2) is 47.8 Å². The number of nitrogens with two attached hydrogens (primary N) is 1. The molecule has 3 unspecified atom stereocenters. The molecule has 0 aliphatic rings. The summed E-state index contributed by atoms with van der Waals surface area (Å²) in [4.78, 5) is 22.7. The summed E-state index contributed by atoms with van der Waals surface area (Å²) in [5.74, 6) is -0.175. The van der Waals surface area contributed by atoms with Crippen molar-refractivity contribution in [1.29, 1.82) is 0 Å². The van der Waals surface area contributed by atoms with Crippen LogP contribution in [0.4, 0.5) is 0 Å². The van der Waals surface area contributed by atoms with Gasteiger partial charge in [0, 0.05) is 13.0 Å². The third-order valence-electron chi connectivity index (χ3n) is 9.79. The van der Waals surface area contributed by atoms with Crippen molar-refractivity contribution in [3.63, 3.8) is 0 Å². The summed E-state index contributed by atoms with van der Waals surface area (Å²) in [5.41, 5.74) is 5.38. The Bertz CT molecular complexity index is 871. The minimum Gasteiger partial charge on any atom is -0.391 e. The maximum absolute atomic E-state index is 12.7. The van der Waals surface area contributed by atoms with Crippen molar-refractivity contribution < 1.29 is 28.4 Å². The number of unbranched alkanes of at least 4 members (excludes halogenated alkanes) is 25. The minimum atomic E-state index is -4.32. The lowest BCUT2D eigenvalue weighted by molar-refractivity contribution is -0.123. The van der Waals surface area contributed by atoms with Gasteiger partial charge in [-0.2, -0.15) is 0 Å². The van der Waals surface area contributed by atoms with E-state index in [2.05, 4.69) is 43.5 Å². The molecular formula is C43H85N2O6P. The molecule has 1 amide bonds. The first-order valence-corrected chi connectivity index (χ1v) is 23.4. The van der Waals surface area contributed by atoms with Crippen molar-refractivity contribution in [2.45, 2.75) is 225 Å². The first-order valence-electron chi connectivity index (χ1n) is 22.0. The van der Waals surface area contributed by atoms with Gasteiger partial charge in [0.2, 0.25) is 5.91 Å². The molecule has 52 heavy (non-hydrogen) atoms. The Labute approximate surface area is 321 Å². The highest BCUT2D eigenvalue weighted by Gasteiger charge is 2.27. The van der Waals surface area contributed by atoms with Crippen LogP contribution in [0.3, 0.4) is 0 Å². The van der Waals surface area contributed by atoms with Crippen molar-refractivity contribution in [2.75, 3.05) is 19.8 Å². The number of aliphatic hydroxyl groups excluding tert-OH is 1. The fourth-order valence-electron chi connectivity index (χ4n) is 6.47. The SMILES string of the molecule is CCC/C=C\C/C=C\CCCCCCCC(=O)NC(COP(=O)(O)OCCN)C(O)CCCCCCCCCCCCCCCCCCCCCC. The monoisotopic (exact) mass is 757 g/mol. The molecule has 0 aliphatic carbocycles. The Balaban J connectivity index is 4.12. The minimum absolute atomic E-state index is 0.0869. The molecule has 0 heterocycles. The first-order chi connectivity index (χ1) is 25.4. The fraction of sp³-hybridized carbons (Fsp3) is 0.884. The van der Waals surface area contributed by atoms with Crippen LogP contribution in [0, 0.1) is 0 Å². The molecule has 0 aromatic rings. The Morgan fingerprint density at radius 3 is 1.60 bits per heavy atom.